The number of nitrogens with zero attached hydrogens (tertiary/aromatic N) is 1. The van der Waals surface area contributed by atoms with Crippen molar-refractivity contribution in [3.05, 3.63) is 64.1 Å². The third kappa shape index (κ3) is 3.85. The highest BCUT2D eigenvalue weighted by atomic mass is 79.9. The standard InChI is InChI=1S/C17H9BrF3NO5S/c18-10-7-5-9(6-8-10)13(23)14(15(24)17(19,20)21)27-16-11-3-1-2-4-12(11)28(25,26)22-16/h1-8,14H. The molecule has 1 aliphatic heterocycles. The van der Waals surface area contributed by atoms with Crippen LogP contribution in [0.3, 0.4) is 0 Å². The van der Waals surface area contributed by atoms with Gasteiger partial charge >= 0.3 is 6.18 Å². The molecule has 2 aromatic carbocycles. The third-order valence-corrected chi connectivity index (χ3v) is 5.56. The first-order valence-corrected chi connectivity index (χ1v) is 9.76. The van der Waals surface area contributed by atoms with E-state index in [9.17, 15) is 31.2 Å². The van der Waals surface area contributed by atoms with Gasteiger partial charge in [0.1, 0.15) is 4.90 Å². The lowest BCUT2D eigenvalue weighted by Crippen LogP contribution is -2.43. The van der Waals surface area contributed by atoms with Crippen molar-refractivity contribution >= 4 is 43.4 Å². The SMILES string of the molecule is O=C(c1ccc(Br)cc1)C(OC1=NS(=O)(=O)c2ccccc21)C(=O)C(F)(F)F. The number of rotatable bonds is 4. The molecule has 1 unspecified atom stereocenters. The van der Waals surface area contributed by atoms with Crippen LogP contribution in [-0.2, 0) is 19.6 Å². The van der Waals surface area contributed by atoms with Gasteiger partial charge in [-0.15, -0.1) is 4.40 Å². The van der Waals surface area contributed by atoms with Gasteiger partial charge in [0.15, 0.2) is 0 Å². The average molecular weight is 476 g/mol. The molecule has 1 aliphatic rings. The topological polar surface area (TPSA) is 89.9 Å². The third-order valence-electron chi connectivity index (χ3n) is 3.71. The number of carbonyl (C=O) groups is 2. The van der Waals surface area contributed by atoms with Gasteiger partial charge < -0.3 is 4.74 Å². The molecule has 0 N–H and O–H groups in total. The van der Waals surface area contributed by atoms with Gasteiger partial charge in [-0.2, -0.15) is 21.6 Å². The number of alkyl halides is 3. The zero-order chi connectivity index (χ0) is 20.7. The Balaban J connectivity index is 2.03. The number of sulfonamides is 1. The van der Waals surface area contributed by atoms with E-state index in [4.69, 9.17) is 4.74 Å². The first-order valence-electron chi connectivity index (χ1n) is 7.52. The molecule has 0 radical (unpaired) electrons. The highest BCUT2D eigenvalue weighted by molar-refractivity contribution is 9.10. The highest BCUT2D eigenvalue weighted by Crippen LogP contribution is 2.29. The van der Waals surface area contributed by atoms with Crippen molar-refractivity contribution in [1.29, 1.82) is 0 Å². The molecule has 11 heteroatoms. The number of ketones is 2. The van der Waals surface area contributed by atoms with Gasteiger partial charge in [-0.25, -0.2) is 0 Å². The molecule has 3 rings (SSSR count). The Kier molecular flexibility index (Phi) is 5.15. The van der Waals surface area contributed by atoms with Crippen molar-refractivity contribution in [3.8, 4) is 0 Å². The lowest BCUT2D eigenvalue weighted by Gasteiger charge is -2.18. The van der Waals surface area contributed by atoms with Crippen LogP contribution in [0.2, 0.25) is 0 Å². The molecule has 0 amide bonds. The first kappa shape index (κ1) is 20.2. The Labute approximate surface area is 165 Å². The van der Waals surface area contributed by atoms with Crippen LogP contribution >= 0.6 is 15.9 Å². The summed E-state index contributed by atoms with van der Waals surface area (Å²) in [5, 5.41) is 0. The summed E-state index contributed by atoms with van der Waals surface area (Å²) in [6.45, 7) is 0. The zero-order valence-corrected chi connectivity index (χ0v) is 16.0. The van der Waals surface area contributed by atoms with Crippen LogP contribution in [0.15, 0.2) is 62.3 Å². The molecule has 0 aliphatic carbocycles. The maximum Gasteiger partial charge on any atom is 0.454 e. The second kappa shape index (κ2) is 7.13. The molecule has 0 saturated carbocycles. The zero-order valence-electron chi connectivity index (χ0n) is 13.6. The predicted molar refractivity (Wildman–Crippen MR) is 94.6 cm³/mol. The summed E-state index contributed by atoms with van der Waals surface area (Å²) in [5.41, 5.74) is -0.355. The van der Waals surface area contributed by atoms with Gasteiger partial charge in [0.2, 0.25) is 17.8 Å². The molecule has 0 bridgehead atoms. The smallest absolute Gasteiger partial charge is 0.454 e. The molecule has 28 heavy (non-hydrogen) atoms. The van der Waals surface area contributed by atoms with Crippen LogP contribution < -0.4 is 0 Å². The minimum atomic E-state index is -5.38. The van der Waals surface area contributed by atoms with E-state index < -0.39 is 39.8 Å². The number of benzene rings is 2. The number of hydrogen-bond donors (Lipinski definition) is 0. The van der Waals surface area contributed by atoms with E-state index in [1.807, 2.05) is 0 Å². The van der Waals surface area contributed by atoms with Gasteiger partial charge in [-0.05, 0) is 24.3 Å². The number of carbonyl (C=O) groups excluding carboxylic acids is 2. The number of Topliss-reactive ketones (excluding diaryl/α,β-unsaturated/α-hetero) is 2. The Hall–Kier alpha value is -2.53. The van der Waals surface area contributed by atoms with E-state index in [1.165, 1.54) is 48.5 Å². The summed E-state index contributed by atoms with van der Waals surface area (Å²) in [6.07, 6.45) is -8.02. The molecular weight excluding hydrogens is 467 g/mol. The molecule has 2 aromatic rings. The normalized spacial score (nSPS) is 16.1. The first-order chi connectivity index (χ1) is 13.0. The summed E-state index contributed by atoms with van der Waals surface area (Å²) < 4.78 is 71.9. The van der Waals surface area contributed by atoms with E-state index in [1.54, 1.807) is 0 Å². The second-order valence-corrected chi connectivity index (χ2v) is 8.09. The Morgan fingerprint density at radius 1 is 1.04 bits per heavy atom. The van der Waals surface area contributed by atoms with Crippen molar-refractivity contribution in [2.45, 2.75) is 17.2 Å². The molecule has 146 valence electrons. The van der Waals surface area contributed by atoms with E-state index >= 15 is 0 Å². The van der Waals surface area contributed by atoms with E-state index in [-0.39, 0.29) is 16.0 Å². The second-order valence-electron chi connectivity index (χ2n) is 5.60. The Bertz CT molecular complexity index is 1090. The maximum absolute atomic E-state index is 13.0. The number of fused-ring (bicyclic) bond motifs is 1. The molecular formula is C17H9BrF3NO5S. The quantitative estimate of drug-likeness (QED) is 0.499. The number of halogens is 4. The van der Waals surface area contributed by atoms with Crippen LogP contribution in [0.4, 0.5) is 13.2 Å². The largest absolute Gasteiger partial charge is 0.456 e. The van der Waals surface area contributed by atoms with Crippen LogP contribution in [0, 0.1) is 0 Å². The fraction of sp³-hybridized carbons (Fsp3) is 0.118. The fourth-order valence-electron chi connectivity index (χ4n) is 2.41. The Morgan fingerprint density at radius 3 is 2.25 bits per heavy atom. The summed E-state index contributed by atoms with van der Waals surface area (Å²) in [4.78, 5) is 24.1. The molecule has 0 fully saturated rings. The highest BCUT2D eigenvalue weighted by Gasteiger charge is 2.49. The minimum absolute atomic E-state index is 0.133. The van der Waals surface area contributed by atoms with Crippen LogP contribution in [-0.4, -0.2) is 38.2 Å². The van der Waals surface area contributed by atoms with Crippen LogP contribution in [0.5, 0.6) is 0 Å². The van der Waals surface area contributed by atoms with Gasteiger partial charge in [0.25, 0.3) is 15.8 Å². The summed E-state index contributed by atoms with van der Waals surface area (Å²) in [6, 6.07) is 10.4. The van der Waals surface area contributed by atoms with E-state index in [0.29, 0.717) is 4.47 Å². The minimum Gasteiger partial charge on any atom is -0.456 e. The van der Waals surface area contributed by atoms with Gasteiger partial charge in [0, 0.05) is 10.0 Å². The van der Waals surface area contributed by atoms with Crippen LogP contribution in [0.25, 0.3) is 0 Å². The van der Waals surface area contributed by atoms with Gasteiger partial charge in [0.05, 0.1) is 5.56 Å². The summed E-state index contributed by atoms with van der Waals surface area (Å²) in [5.74, 6) is -4.49. The Morgan fingerprint density at radius 2 is 1.64 bits per heavy atom. The predicted octanol–water partition coefficient (Wildman–Crippen LogP) is 3.30. The molecule has 1 atom stereocenters. The molecule has 6 nitrogen and oxygen atoms in total. The molecule has 0 spiro atoms. The van der Waals surface area contributed by atoms with Crippen molar-refractivity contribution in [2.24, 2.45) is 4.40 Å². The van der Waals surface area contributed by atoms with Crippen molar-refractivity contribution in [2.75, 3.05) is 0 Å². The maximum atomic E-state index is 13.0. The van der Waals surface area contributed by atoms with Crippen LogP contribution in [0.1, 0.15) is 15.9 Å². The average Bonchev–Trinajstić information content (AvgIpc) is 2.89. The monoisotopic (exact) mass is 475 g/mol. The van der Waals surface area contributed by atoms with E-state index in [0.717, 1.165) is 0 Å². The number of ether oxygens (including phenoxy) is 1. The van der Waals surface area contributed by atoms with Gasteiger partial charge in [-0.3, -0.25) is 9.59 Å². The molecule has 0 aromatic heterocycles. The van der Waals surface area contributed by atoms with E-state index in [2.05, 4.69) is 20.3 Å². The molecule has 1 heterocycles. The lowest BCUT2D eigenvalue weighted by molar-refractivity contribution is -0.176. The summed E-state index contributed by atoms with van der Waals surface area (Å²) >= 11 is 3.12. The van der Waals surface area contributed by atoms with Crippen molar-refractivity contribution < 1.29 is 35.9 Å². The van der Waals surface area contributed by atoms with Crippen molar-refractivity contribution in [3.63, 3.8) is 0 Å². The fourth-order valence-corrected chi connectivity index (χ4v) is 3.82. The van der Waals surface area contributed by atoms with Gasteiger partial charge in [-0.1, -0.05) is 40.2 Å². The van der Waals surface area contributed by atoms with Crippen molar-refractivity contribution in [1.82, 2.24) is 0 Å². The summed E-state index contributed by atoms with van der Waals surface area (Å²) in [7, 11) is -4.20. The lowest BCUT2D eigenvalue weighted by atomic mass is 10.0. The molecule has 0 saturated heterocycles. The number of hydrogen-bond acceptors (Lipinski definition) is 5.